The van der Waals surface area contributed by atoms with Crippen molar-refractivity contribution in [1.82, 2.24) is 24.9 Å². The molecule has 1 unspecified atom stereocenters. The zero-order valence-electron chi connectivity index (χ0n) is 10.7. The lowest BCUT2D eigenvalue weighted by molar-refractivity contribution is 0.0266. The number of aromatic amines is 1. The Bertz CT molecular complexity index is 611. The van der Waals surface area contributed by atoms with Gasteiger partial charge in [-0.25, -0.2) is 4.68 Å². The predicted molar refractivity (Wildman–Crippen MR) is 74.0 cm³/mol. The number of aliphatic hydroxyl groups is 1. The monoisotopic (exact) mass is 339 g/mol. The number of carbonyl (C=O) groups excluding carboxylic acids is 1. The minimum Gasteiger partial charge on any atom is -0.386 e. The molecular formula is C12H14BrN5O2. The molecule has 1 amide bonds. The Morgan fingerprint density at radius 3 is 3.10 bits per heavy atom. The van der Waals surface area contributed by atoms with E-state index in [0.717, 1.165) is 4.47 Å². The Labute approximate surface area is 123 Å². The maximum Gasteiger partial charge on any atom is 0.270 e. The summed E-state index contributed by atoms with van der Waals surface area (Å²) < 4.78 is 2.41. The summed E-state index contributed by atoms with van der Waals surface area (Å²) in [6, 6.07) is 1.73. The van der Waals surface area contributed by atoms with Gasteiger partial charge in [-0.15, -0.1) is 5.10 Å². The van der Waals surface area contributed by atoms with Crippen LogP contribution in [0.5, 0.6) is 0 Å². The van der Waals surface area contributed by atoms with Crippen LogP contribution in [0.2, 0.25) is 0 Å². The summed E-state index contributed by atoms with van der Waals surface area (Å²) in [5.41, 5.74) is -0.436. The quantitative estimate of drug-likeness (QED) is 0.859. The van der Waals surface area contributed by atoms with Gasteiger partial charge in [0.25, 0.3) is 5.91 Å². The third-order valence-corrected chi connectivity index (χ3v) is 3.88. The lowest BCUT2D eigenvalue weighted by Gasteiger charge is -2.22. The maximum atomic E-state index is 12.3. The van der Waals surface area contributed by atoms with Crippen LogP contribution in [-0.4, -0.2) is 54.6 Å². The Morgan fingerprint density at radius 2 is 2.45 bits per heavy atom. The van der Waals surface area contributed by atoms with Gasteiger partial charge in [-0.1, -0.05) is 5.21 Å². The molecule has 8 heteroatoms. The number of H-pyrrole nitrogens is 1. The summed E-state index contributed by atoms with van der Waals surface area (Å²) in [5, 5.41) is 18.1. The minimum absolute atomic E-state index is 0.106. The Morgan fingerprint density at radius 1 is 1.60 bits per heavy atom. The summed E-state index contributed by atoms with van der Waals surface area (Å²) >= 11 is 3.30. The predicted octanol–water partition coefficient (Wildman–Crippen LogP) is 0.646. The van der Waals surface area contributed by atoms with Crippen LogP contribution in [0.4, 0.5) is 0 Å². The van der Waals surface area contributed by atoms with Crippen LogP contribution in [0.1, 0.15) is 16.9 Å². The van der Waals surface area contributed by atoms with Crippen molar-refractivity contribution in [3.63, 3.8) is 0 Å². The van der Waals surface area contributed by atoms with Crippen molar-refractivity contribution in [3.8, 4) is 0 Å². The molecule has 1 aliphatic heterocycles. The van der Waals surface area contributed by atoms with Gasteiger partial charge in [0, 0.05) is 23.4 Å². The molecule has 1 aliphatic rings. The Hall–Kier alpha value is -1.67. The number of likely N-dealkylation sites (tertiary alicyclic amines) is 1. The number of amides is 1. The van der Waals surface area contributed by atoms with E-state index < -0.39 is 5.60 Å². The first-order valence-corrected chi connectivity index (χ1v) is 7.05. The molecule has 7 nitrogen and oxygen atoms in total. The summed E-state index contributed by atoms with van der Waals surface area (Å²) in [7, 11) is 0. The zero-order chi connectivity index (χ0) is 14.2. The number of hydrogen-bond acceptors (Lipinski definition) is 4. The first-order valence-electron chi connectivity index (χ1n) is 6.25. The smallest absolute Gasteiger partial charge is 0.270 e. The number of rotatable bonds is 3. The molecule has 0 bridgehead atoms. The summed E-state index contributed by atoms with van der Waals surface area (Å²) in [6.07, 6.45) is 5.51. The van der Waals surface area contributed by atoms with E-state index in [1.54, 1.807) is 34.2 Å². The molecule has 2 N–H and O–H groups in total. The van der Waals surface area contributed by atoms with Gasteiger partial charge in [-0.3, -0.25) is 4.79 Å². The highest BCUT2D eigenvalue weighted by atomic mass is 79.9. The van der Waals surface area contributed by atoms with Crippen LogP contribution in [0, 0.1) is 0 Å². The third-order valence-electron chi connectivity index (χ3n) is 3.43. The molecule has 2 aromatic rings. The van der Waals surface area contributed by atoms with Crippen LogP contribution < -0.4 is 0 Å². The Kier molecular flexibility index (Phi) is 3.35. The van der Waals surface area contributed by atoms with Crippen LogP contribution in [0.25, 0.3) is 0 Å². The van der Waals surface area contributed by atoms with E-state index in [2.05, 4.69) is 31.2 Å². The van der Waals surface area contributed by atoms with Crippen molar-refractivity contribution in [2.45, 2.75) is 18.6 Å². The number of aromatic nitrogens is 4. The number of hydrogen-bond donors (Lipinski definition) is 2. The van der Waals surface area contributed by atoms with Gasteiger partial charge in [-0.05, 0) is 28.4 Å². The standard InChI is InChI=1S/C12H14BrN5O2/c13-9-5-10(14-6-9)11(19)17-3-1-12(20,7-17)8-18-4-2-15-16-18/h2,4-6,14,20H,1,3,7-8H2. The van der Waals surface area contributed by atoms with Gasteiger partial charge >= 0.3 is 0 Å². The largest absolute Gasteiger partial charge is 0.386 e. The fraction of sp³-hybridized carbons (Fsp3) is 0.417. The molecule has 2 aromatic heterocycles. The van der Waals surface area contributed by atoms with Crippen LogP contribution in [0.15, 0.2) is 29.1 Å². The highest BCUT2D eigenvalue weighted by molar-refractivity contribution is 9.10. The molecule has 0 spiro atoms. The second-order valence-electron chi connectivity index (χ2n) is 5.03. The third kappa shape index (κ3) is 2.61. The van der Waals surface area contributed by atoms with Crippen molar-refractivity contribution < 1.29 is 9.90 Å². The van der Waals surface area contributed by atoms with Gasteiger partial charge < -0.3 is 15.0 Å². The van der Waals surface area contributed by atoms with Crippen LogP contribution in [-0.2, 0) is 6.54 Å². The summed E-state index contributed by atoms with van der Waals surface area (Å²) in [4.78, 5) is 16.8. The molecule has 0 aliphatic carbocycles. The molecule has 0 aromatic carbocycles. The number of nitrogens with zero attached hydrogens (tertiary/aromatic N) is 4. The highest BCUT2D eigenvalue weighted by Gasteiger charge is 2.39. The fourth-order valence-corrected chi connectivity index (χ4v) is 2.78. The fourth-order valence-electron chi connectivity index (χ4n) is 2.44. The molecule has 3 heterocycles. The second kappa shape index (κ2) is 5.02. The van der Waals surface area contributed by atoms with E-state index in [9.17, 15) is 9.90 Å². The minimum atomic E-state index is -0.951. The van der Waals surface area contributed by atoms with Gasteiger partial charge in [0.15, 0.2) is 0 Å². The first kappa shape index (κ1) is 13.3. The number of halogens is 1. The summed E-state index contributed by atoms with van der Waals surface area (Å²) in [6.45, 7) is 1.16. The molecule has 1 atom stereocenters. The molecule has 106 valence electrons. The first-order chi connectivity index (χ1) is 9.56. The highest BCUT2D eigenvalue weighted by Crippen LogP contribution is 2.24. The van der Waals surface area contributed by atoms with E-state index in [1.165, 1.54) is 0 Å². The normalized spacial score (nSPS) is 22.4. The lowest BCUT2D eigenvalue weighted by Crippen LogP contribution is -2.39. The average Bonchev–Trinajstić information content (AvgIpc) is 3.11. The van der Waals surface area contributed by atoms with Crippen molar-refractivity contribution in [2.24, 2.45) is 0 Å². The average molecular weight is 340 g/mol. The number of carbonyl (C=O) groups is 1. The van der Waals surface area contributed by atoms with E-state index >= 15 is 0 Å². The van der Waals surface area contributed by atoms with Crippen molar-refractivity contribution in [1.29, 1.82) is 0 Å². The molecule has 0 saturated carbocycles. The van der Waals surface area contributed by atoms with Gasteiger partial charge in [0.05, 0.1) is 19.3 Å². The van der Waals surface area contributed by atoms with Crippen LogP contribution >= 0.6 is 15.9 Å². The van der Waals surface area contributed by atoms with E-state index in [4.69, 9.17) is 0 Å². The zero-order valence-corrected chi connectivity index (χ0v) is 12.2. The maximum absolute atomic E-state index is 12.3. The van der Waals surface area contributed by atoms with Gasteiger partial charge in [0.2, 0.25) is 0 Å². The van der Waals surface area contributed by atoms with Crippen LogP contribution in [0.3, 0.4) is 0 Å². The molecular weight excluding hydrogens is 326 g/mol. The molecule has 20 heavy (non-hydrogen) atoms. The Balaban J connectivity index is 1.68. The van der Waals surface area contributed by atoms with E-state index in [-0.39, 0.29) is 5.91 Å². The van der Waals surface area contributed by atoms with Crippen molar-refractivity contribution >= 4 is 21.8 Å². The molecule has 0 radical (unpaired) electrons. The van der Waals surface area contributed by atoms with E-state index in [0.29, 0.717) is 31.7 Å². The SMILES string of the molecule is O=C(c1cc(Br)c[nH]1)N1CCC(O)(Cn2ccnn2)C1. The van der Waals surface area contributed by atoms with Crippen molar-refractivity contribution in [3.05, 3.63) is 34.8 Å². The van der Waals surface area contributed by atoms with Gasteiger partial charge in [-0.2, -0.15) is 0 Å². The topological polar surface area (TPSA) is 87.0 Å². The number of nitrogens with one attached hydrogen (secondary N) is 1. The second-order valence-corrected chi connectivity index (χ2v) is 5.95. The summed E-state index contributed by atoms with van der Waals surface area (Å²) in [5.74, 6) is -0.106. The molecule has 3 rings (SSSR count). The van der Waals surface area contributed by atoms with Crippen molar-refractivity contribution in [2.75, 3.05) is 13.1 Å². The van der Waals surface area contributed by atoms with Gasteiger partial charge in [0.1, 0.15) is 11.3 Å². The number of β-amino-alcohol motifs (C(OH)–C–C–N with tert-alkyl or cyclic N) is 1. The molecule has 1 saturated heterocycles. The molecule has 1 fully saturated rings. The van der Waals surface area contributed by atoms with E-state index in [1.807, 2.05) is 0 Å². The lowest BCUT2D eigenvalue weighted by atomic mass is 10.0.